The van der Waals surface area contributed by atoms with Gasteiger partial charge in [0.05, 0.1) is 29.1 Å². The van der Waals surface area contributed by atoms with E-state index in [-0.39, 0.29) is 17.9 Å². The van der Waals surface area contributed by atoms with E-state index in [9.17, 15) is 14.0 Å². The van der Waals surface area contributed by atoms with Crippen LogP contribution in [0, 0.1) is 19.7 Å². The molecule has 1 aromatic heterocycles. The van der Waals surface area contributed by atoms with Crippen molar-refractivity contribution in [1.82, 2.24) is 4.98 Å². The minimum absolute atomic E-state index is 0.0280. The fourth-order valence-electron chi connectivity index (χ4n) is 3.06. The highest BCUT2D eigenvalue weighted by atomic mass is 19.1. The molecule has 0 aliphatic carbocycles. The van der Waals surface area contributed by atoms with E-state index in [0.29, 0.717) is 11.3 Å². The monoisotopic (exact) mass is 396 g/mol. The van der Waals surface area contributed by atoms with Crippen molar-refractivity contribution in [3.8, 4) is 0 Å². The first kappa shape index (κ1) is 20.4. The molecule has 1 N–H and O–H groups in total. The van der Waals surface area contributed by atoms with Crippen LogP contribution < -0.4 is 5.32 Å². The van der Waals surface area contributed by atoms with Gasteiger partial charge in [-0.25, -0.2) is 14.2 Å². The summed E-state index contributed by atoms with van der Waals surface area (Å²) in [7, 11) is 1.50. The number of anilines is 1. The quantitative estimate of drug-likeness (QED) is 0.639. The lowest BCUT2D eigenvalue weighted by atomic mass is 10.0. The molecular weight excluding hydrogens is 375 g/mol. The van der Waals surface area contributed by atoms with Gasteiger partial charge < -0.3 is 14.8 Å². The lowest BCUT2D eigenvalue weighted by molar-refractivity contribution is -0.119. The smallest absolute Gasteiger partial charge is 0.340 e. The molecule has 0 spiro atoms. The first-order valence-corrected chi connectivity index (χ1v) is 9.01. The summed E-state index contributed by atoms with van der Waals surface area (Å²) >= 11 is 0. The average Bonchev–Trinajstić information content (AvgIpc) is 2.69. The van der Waals surface area contributed by atoms with Crippen LogP contribution in [0.15, 0.2) is 42.5 Å². The molecule has 150 valence electrons. The maximum absolute atomic E-state index is 13.9. The Balaban J connectivity index is 1.77. The van der Waals surface area contributed by atoms with E-state index in [1.807, 2.05) is 24.3 Å². The number of aromatic nitrogens is 1. The molecule has 2 aromatic carbocycles. The van der Waals surface area contributed by atoms with Crippen molar-refractivity contribution >= 4 is 28.5 Å². The molecule has 6 nitrogen and oxygen atoms in total. The number of fused-ring (bicyclic) bond motifs is 1. The molecule has 0 aliphatic rings. The number of aryl methyl sites for hydroxylation is 2. The van der Waals surface area contributed by atoms with Gasteiger partial charge in [0.2, 0.25) is 0 Å². The molecule has 0 atom stereocenters. The highest BCUT2D eigenvalue weighted by molar-refractivity contribution is 6.00. The summed E-state index contributed by atoms with van der Waals surface area (Å²) in [4.78, 5) is 29.3. The second kappa shape index (κ2) is 8.79. The van der Waals surface area contributed by atoms with Crippen molar-refractivity contribution in [3.05, 3.63) is 70.7 Å². The van der Waals surface area contributed by atoms with Gasteiger partial charge in [-0.05, 0) is 43.2 Å². The number of carbonyl (C=O) groups is 2. The highest BCUT2D eigenvalue weighted by Gasteiger charge is 2.21. The number of rotatable bonds is 6. The van der Waals surface area contributed by atoms with Crippen LogP contribution in [0.3, 0.4) is 0 Å². The van der Waals surface area contributed by atoms with Crippen LogP contribution >= 0.6 is 0 Å². The normalized spacial score (nSPS) is 10.8. The number of ether oxygens (including phenoxy) is 2. The van der Waals surface area contributed by atoms with Gasteiger partial charge in [-0.2, -0.15) is 0 Å². The first-order chi connectivity index (χ1) is 13.9. The number of halogens is 1. The Bertz CT molecular complexity index is 1080. The second-order valence-electron chi connectivity index (χ2n) is 6.62. The summed E-state index contributed by atoms with van der Waals surface area (Å²) in [6, 6.07) is 11.9. The van der Waals surface area contributed by atoms with E-state index in [4.69, 9.17) is 9.47 Å². The van der Waals surface area contributed by atoms with Crippen molar-refractivity contribution in [2.75, 3.05) is 19.0 Å². The predicted octanol–water partition coefficient (Wildman–Crippen LogP) is 3.93. The van der Waals surface area contributed by atoms with E-state index in [1.54, 1.807) is 19.9 Å². The van der Waals surface area contributed by atoms with E-state index < -0.39 is 24.3 Å². The largest absolute Gasteiger partial charge is 0.452 e. The molecule has 0 bridgehead atoms. The zero-order valence-corrected chi connectivity index (χ0v) is 16.4. The topological polar surface area (TPSA) is 77.5 Å². The molecule has 1 heterocycles. The van der Waals surface area contributed by atoms with Gasteiger partial charge in [0.15, 0.2) is 6.61 Å². The fraction of sp³-hybridized carbons (Fsp3) is 0.227. The molecule has 3 aromatic rings. The standard InChI is InChI=1S/C22H21FN2O4/c1-13-8-9-18(16(23)10-13)25-20(26)12-29-22(27)21-14(2)15-6-4-5-7-17(15)24-19(21)11-28-3/h4-10H,11-12H2,1-3H3,(H,25,26). The summed E-state index contributed by atoms with van der Waals surface area (Å²) < 4.78 is 24.2. The average molecular weight is 396 g/mol. The molecule has 7 heteroatoms. The lowest BCUT2D eigenvalue weighted by Crippen LogP contribution is -2.23. The Morgan fingerprint density at radius 3 is 2.62 bits per heavy atom. The fourth-order valence-corrected chi connectivity index (χ4v) is 3.06. The molecule has 0 aliphatic heterocycles. The van der Waals surface area contributed by atoms with Gasteiger partial charge in [-0.3, -0.25) is 4.79 Å². The third-order valence-electron chi connectivity index (χ3n) is 4.45. The zero-order valence-electron chi connectivity index (χ0n) is 16.4. The minimum Gasteiger partial charge on any atom is -0.452 e. The van der Waals surface area contributed by atoms with Crippen LogP contribution in [0.4, 0.5) is 10.1 Å². The van der Waals surface area contributed by atoms with Crippen LogP contribution in [-0.4, -0.2) is 30.6 Å². The molecular formula is C22H21FN2O4. The molecule has 0 unspecified atom stereocenters. The molecule has 0 saturated heterocycles. The summed E-state index contributed by atoms with van der Waals surface area (Å²) in [5, 5.41) is 3.21. The van der Waals surface area contributed by atoms with Gasteiger partial charge >= 0.3 is 5.97 Å². The SMILES string of the molecule is COCc1nc2ccccc2c(C)c1C(=O)OCC(=O)Nc1ccc(C)cc1F. The lowest BCUT2D eigenvalue weighted by Gasteiger charge is -2.14. The van der Waals surface area contributed by atoms with Crippen molar-refractivity contribution in [2.24, 2.45) is 0 Å². The number of hydrogen-bond acceptors (Lipinski definition) is 5. The maximum atomic E-state index is 13.9. The summed E-state index contributed by atoms with van der Waals surface area (Å²) in [5.74, 6) is -1.88. The first-order valence-electron chi connectivity index (χ1n) is 9.01. The number of esters is 1. The summed E-state index contributed by atoms with van der Waals surface area (Å²) in [5.41, 5.74) is 2.88. The number of nitrogens with zero attached hydrogens (tertiary/aromatic N) is 1. The Morgan fingerprint density at radius 1 is 1.14 bits per heavy atom. The number of para-hydroxylation sites is 1. The number of nitrogens with one attached hydrogen (secondary N) is 1. The Kier molecular flexibility index (Phi) is 6.19. The van der Waals surface area contributed by atoms with Gasteiger partial charge in [-0.15, -0.1) is 0 Å². The van der Waals surface area contributed by atoms with E-state index in [1.165, 1.54) is 19.2 Å². The number of pyridine rings is 1. The molecule has 0 fully saturated rings. The van der Waals surface area contributed by atoms with Crippen LogP contribution in [0.1, 0.15) is 27.2 Å². The number of methoxy groups -OCH3 is 1. The van der Waals surface area contributed by atoms with Crippen molar-refractivity contribution in [2.45, 2.75) is 20.5 Å². The predicted molar refractivity (Wildman–Crippen MR) is 107 cm³/mol. The maximum Gasteiger partial charge on any atom is 0.340 e. The number of benzene rings is 2. The third kappa shape index (κ3) is 4.57. The molecule has 0 radical (unpaired) electrons. The van der Waals surface area contributed by atoms with Gasteiger partial charge in [-0.1, -0.05) is 24.3 Å². The van der Waals surface area contributed by atoms with Crippen LogP contribution in [0.2, 0.25) is 0 Å². The Hall–Kier alpha value is -3.32. The van der Waals surface area contributed by atoms with E-state index in [0.717, 1.165) is 16.5 Å². The molecule has 1 amide bonds. The van der Waals surface area contributed by atoms with Gasteiger partial charge in [0.25, 0.3) is 5.91 Å². The van der Waals surface area contributed by atoms with Gasteiger partial charge in [0.1, 0.15) is 5.82 Å². The summed E-state index contributed by atoms with van der Waals surface area (Å²) in [6.07, 6.45) is 0. The number of hydrogen-bond donors (Lipinski definition) is 1. The van der Waals surface area contributed by atoms with Crippen LogP contribution in [0.25, 0.3) is 10.9 Å². The third-order valence-corrected chi connectivity index (χ3v) is 4.45. The minimum atomic E-state index is -0.688. The molecule has 29 heavy (non-hydrogen) atoms. The van der Waals surface area contributed by atoms with Crippen molar-refractivity contribution < 1.29 is 23.5 Å². The zero-order chi connectivity index (χ0) is 21.0. The molecule has 3 rings (SSSR count). The number of amides is 1. The van der Waals surface area contributed by atoms with E-state index >= 15 is 0 Å². The van der Waals surface area contributed by atoms with Crippen LogP contribution in [-0.2, 0) is 20.9 Å². The molecule has 0 saturated carbocycles. The van der Waals surface area contributed by atoms with Crippen LogP contribution in [0.5, 0.6) is 0 Å². The van der Waals surface area contributed by atoms with Crippen molar-refractivity contribution in [3.63, 3.8) is 0 Å². The summed E-state index contributed by atoms with van der Waals surface area (Å²) in [6.45, 7) is 3.11. The van der Waals surface area contributed by atoms with E-state index in [2.05, 4.69) is 10.3 Å². The highest BCUT2D eigenvalue weighted by Crippen LogP contribution is 2.24. The number of carbonyl (C=O) groups excluding carboxylic acids is 2. The second-order valence-corrected chi connectivity index (χ2v) is 6.62. The Labute approximate surface area is 167 Å². The van der Waals surface area contributed by atoms with Gasteiger partial charge in [0, 0.05) is 12.5 Å². The van der Waals surface area contributed by atoms with Crippen molar-refractivity contribution in [1.29, 1.82) is 0 Å². The Morgan fingerprint density at radius 2 is 1.90 bits per heavy atom.